The van der Waals surface area contributed by atoms with Crippen LogP contribution < -0.4 is 16.4 Å². The van der Waals surface area contributed by atoms with Crippen LogP contribution in [0, 0.1) is 5.82 Å². The molecule has 7 heteroatoms. The van der Waals surface area contributed by atoms with Gasteiger partial charge in [-0.3, -0.25) is 4.79 Å². The van der Waals surface area contributed by atoms with Crippen molar-refractivity contribution in [2.24, 2.45) is 10.9 Å². The number of nitrogens with one attached hydrogen (secondary N) is 2. The minimum absolute atomic E-state index is 0.0248. The molecular weight excluding hydrogens is 239 g/mol. The molecule has 0 aliphatic heterocycles. The van der Waals surface area contributed by atoms with Gasteiger partial charge in [0.2, 0.25) is 5.91 Å². The number of hydrogen-bond donors (Lipinski definition) is 4. The Labute approximate surface area is 104 Å². The molecule has 18 heavy (non-hydrogen) atoms. The monoisotopic (exact) mass is 254 g/mol. The number of carbonyl (C=O) groups is 1. The second-order valence-electron chi connectivity index (χ2n) is 3.54. The highest BCUT2D eigenvalue weighted by Gasteiger charge is 2.11. The van der Waals surface area contributed by atoms with Crippen LogP contribution in [0.3, 0.4) is 0 Å². The molecule has 0 atom stereocenters. The molecule has 1 rings (SSSR count). The van der Waals surface area contributed by atoms with Crippen LogP contribution in [-0.2, 0) is 11.3 Å². The number of benzene rings is 1. The SMILES string of the molecule is CNC(=O)CNCc1cccc(/C(N)=N/O)c1F. The third kappa shape index (κ3) is 3.42. The molecule has 0 fully saturated rings. The van der Waals surface area contributed by atoms with Gasteiger partial charge in [0.05, 0.1) is 12.1 Å². The lowest BCUT2D eigenvalue weighted by Gasteiger charge is -2.08. The molecule has 0 saturated heterocycles. The van der Waals surface area contributed by atoms with E-state index in [9.17, 15) is 9.18 Å². The Kier molecular flexibility index (Phi) is 5.06. The summed E-state index contributed by atoms with van der Waals surface area (Å²) < 4.78 is 13.9. The average Bonchev–Trinajstić information content (AvgIpc) is 2.39. The van der Waals surface area contributed by atoms with Gasteiger partial charge in [0.1, 0.15) is 5.82 Å². The van der Waals surface area contributed by atoms with Gasteiger partial charge in [0, 0.05) is 19.2 Å². The maximum Gasteiger partial charge on any atom is 0.233 e. The van der Waals surface area contributed by atoms with Crippen LogP contribution in [0.1, 0.15) is 11.1 Å². The molecule has 0 aliphatic rings. The Morgan fingerprint density at radius 2 is 2.28 bits per heavy atom. The van der Waals surface area contributed by atoms with Crippen LogP contribution >= 0.6 is 0 Å². The van der Waals surface area contributed by atoms with Gasteiger partial charge in [-0.15, -0.1) is 0 Å². The van der Waals surface area contributed by atoms with E-state index >= 15 is 0 Å². The predicted octanol–water partition coefficient (Wildman–Crippen LogP) is -0.244. The van der Waals surface area contributed by atoms with Gasteiger partial charge < -0.3 is 21.6 Å². The van der Waals surface area contributed by atoms with E-state index in [-0.39, 0.29) is 30.4 Å². The van der Waals surface area contributed by atoms with E-state index in [0.29, 0.717) is 5.56 Å². The summed E-state index contributed by atoms with van der Waals surface area (Å²) in [4.78, 5) is 11.0. The second-order valence-corrected chi connectivity index (χ2v) is 3.54. The van der Waals surface area contributed by atoms with Crippen LogP contribution in [0.4, 0.5) is 4.39 Å². The molecule has 6 nitrogen and oxygen atoms in total. The summed E-state index contributed by atoms with van der Waals surface area (Å²) in [7, 11) is 1.52. The first-order valence-electron chi connectivity index (χ1n) is 5.26. The maximum atomic E-state index is 13.9. The first-order valence-corrected chi connectivity index (χ1v) is 5.26. The first-order chi connectivity index (χ1) is 8.60. The molecule has 0 heterocycles. The van der Waals surface area contributed by atoms with E-state index in [2.05, 4.69) is 15.8 Å². The van der Waals surface area contributed by atoms with Crippen LogP contribution in [0.15, 0.2) is 23.4 Å². The molecule has 5 N–H and O–H groups in total. The summed E-state index contributed by atoms with van der Waals surface area (Å²) >= 11 is 0. The Bertz CT molecular complexity index is 462. The Balaban J connectivity index is 2.75. The maximum absolute atomic E-state index is 13.9. The zero-order valence-corrected chi connectivity index (χ0v) is 9.90. The largest absolute Gasteiger partial charge is 0.409 e. The number of oxime groups is 1. The van der Waals surface area contributed by atoms with Crippen molar-refractivity contribution in [3.63, 3.8) is 0 Å². The summed E-state index contributed by atoms with van der Waals surface area (Å²) in [6.45, 7) is 0.259. The minimum Gasteiger partial charge on any atom is -0.409 e. The number of nitrogens with zero attached hydrogens (tertiary/aromatic N) is 1. The third-order valence-corrected chi connectivity index (χ3v) is 2.34. The van der Waals surface area contributed by atoms with Crippen molar-refractivity contribution in [2.75, 3.05) is 13.6 Å². The molecule has 98 valence electrons. The fraction of sp³-hybridized carbons (Fsp3) is 0.273. The number of rotatable bonds is 5. The van der Waals surface area contributed by atoms with Gasteiger partial charge in [0.15, 0.2) is 5.84 Å². The molecule has 0 saturated carbocycles. The highest BCUT2D eigenvalue weighted by atomic mass is 19.1. The molecule has 0 aromatic heterocycles. The lowest BCUT2D eigenvalue weighted by Crippen LogP contribution is -2.31. The summed E-state index contributed by atoms with van der Waals surface area (Å²) in [6.07, 6.45) is 0. The zero-order chi connectivity index (χ0) is 13.5. The van der Waals surface area contributed by atoms with Crippen molar-refractivity contribution in [2.45, 2.75) is 6.54 Å². The molecule has 1 aromatic rings. The van der Waals surface area contributed by atoms with Crippen LogP contribution in [0.2, 0.25) is 0 Å². The van der Waals surface area contributed by atoms with E-state index in [0.717, 1.165) is 0 Å². The Morgan fingerprint density at radius 1 is 1.56 bits per heavy atom. The topological polar surface area (TPSA) is 99.7 Å². The standard InChI is InChI=1S/C11H15FN4O2/c1-14-9(17)6-15-5-7-3-2-4-8(10(7)12)11(13)16-18/h2-4,15,18H,5-6H2,1H3,(H2,13,16)(H,14,17). The van der Waals surface area contributed by atoms with Crippen molar-refractivity contribution >= 4 is 11.7 Å². The van der Waals surface area contributed by atoms with Gasteiger partial charge in [-0.1, -0.05) is 17.3 Å². The van der Waals surface area contributed by atoms with E-state index in [1.807, 2.05) is 0 Å². The molecular formula is C11H15FN4O2. The molecule has 0 aliphatic carbocycles. The zero-order valence-electron chi connectivity index (χ0n) is 9.90. The minimum atomic E-state index is -0.572. The number of amidine groups is 1. The number of likely N-dealkylation sites (N-methyl/N-ethyl adjacent to an activating group) is 1. The van der Waals surface area contributed by atoms with Crippen LogP contribution in [-0.4, -0.2) is 30.5 Å². The van der Waals surface area contributed by atoms with Crippen molar-refractivity contribution in [1.82, 2.24) is 10.6 Å². The number of carbonyl (C=O) groups excluding carboxylic acids is 1. The Morgan fingerprint density at radius 3 is 2.89 bits per heavy atom. The van der Waals surface area contributed by atoms with E-state index in [4.69, 9.17) is 10.9 Å². The fourth-order valence-corrected chi connectivity index (χ4v) is 1.37. The molecule has 0 spiro atoms. The summed E-state index contributed by atoms with van der Waals surface area (Å²) in [5, 5.41) is 16.5. The highest BCUT2D eigenvalue weighted by molar-refractivity contribution is 5.97. The first kappa shape index (κ1) is 13.9. The van der Waals surface area contributed by atoms with E-state index in [1.54, 1.807) is 12.1 Å². The number of hydrogen-bond acceptors (Lipinski definition) is 4. The third-order valence-electron chi connectivity index (χ3n) is 2.34. The van der Waals surface area contributed by atoms with Gasteiger partial charge in [-0.05, 0) is 6.07 Å². The normalized spacial score (nSPS) is 11.3. The van der Waals surface area contributed by atoms with Gasteiger partial charge in [-0.25, -0.2) is 4.39 Å². The molecule has 1 aromatic carbocycles. The number of halogens is 1. The smallest absolute Gasteiger partial charge is 0.233 e. The average molecular weight is 254 g/mol. The quantitative estimate of drug-likeness (QED) is 0.252. The van der Waals surface area contributed by atoms with Crippen molar-refractivity contribution in [3.8, 4) is 0 Å². The molecule has 0 bridgehead atoms. The van der Waals surface area contributed by atoms with E-state index in [1.165, 1.54) is 13.1 Å². The van der Waals surface area contributed by atoms with Crippen LogP contribution in [0.25, 0.3) is 0 Å². The lowest BCUT2D eigenvalue weighted by molar-refractivity contribution is -0.119. The fourth-order valence-electron chi connectivity index (χ4n) is 1.37. The van der Waals surface area contributed by atoms with Gasteiger partial charge in [0.25, 0.3) is 0 Å². The van der Waals surface area contributed by atoms with Gasteiger partial charge >= 0.3 is 0 Å². The van der Waals surface area contributed by atoms with Crippen molar-refractivity contribution in [3.05, 3.63) is 35.1 Å². The lowest BCUT2D eigenvalue weighted by atomic mass is 10.1. The molecule has 1 amide bonds. The Hall–Kier alpha value is -2.15. The molecule has 0 radical (unpaired) electrons. The summed E-state index contributed by atoms with van der Waals surface area (Å²) in [6, 6.07) is 4.56. The highest BCUT2D eigenvalue weighted by Crippen LogP contribution is 2.12. The molecule has 0 unspecified atom stereocenters. The van der Waals surface area contributed by atoms with Crippen molar-refractivity contribution in [1.29, 1.82) is 0 Å². The number of nitrogens with two attached hydrogens (primary N) is 1. The second kappa shape index (κ2) is 6.55. The number of amides is 1. The van der Waals surface area contributed by atoms with Gasteiger partial charge in [-0.2, -0.15) is 0 Å². The van der Waals surface area contributed by atoms with Crippen molar-refractivity contribution < 1.29 is 14.4 Å². The predicted molar refractivity (Wildman–Crippen MR) is 64.7 cm³/mol. The van der Waals surface area contributed by atoms with E-state index < -0.39 is 5.82 Å². The summed E-state index contributed by atoms with van der Waals surface area (Å²) in [5.41, 5.74) is 5.70. The summed E-state index contributed by atoms with van der Waals surface area (Å²) in [5.74, 6) is -1.05. The van der Waals surface area contributed by atoms with Crippen LogP contribution in [0.5, 0.6) is 0 Å².